The van der Waals surface area contributed by atoms with E-state index >= 15 is 0 Å². The number of nitrogens with one attached hydrogen (secondary N) is 1. The molecule has 3 atom stereocenters. The standard InChI is InChI=1S/C23H32N6O7SSi/c1-22(2,3)35-16-10-23(38(4)5,29-13-27-18-19(24)25-12-26-20(18)29)36-17(16)11-34-37(32,33)28-21(31)14-8-6-7-9-15(14)30/h6-9,12-13,16-17,30,38H,10-11H2,1-5H3,(H,28,31)(H2,24,25,26)/t16-,17+,23-/m0/s1. The number of nitrogens with zero attached hydrogens (tertiary/aromatic N) is 4. The van der Waals surface area contributed by atoms with Gasteiger partial charge in [-0.2, -0.15) is 8.42 Å². The first-order chi connectivity index (χ1) is 17.7. The molecule has 2 aromatic heterocycles. The van der Waals surface area contributed by atoms with E-state index in [2.05, 4.69) is 28.0 Å². The van der Waals surface area contributed by atoms with E-state index < -0.39 is 54.8 Å². The Morgan fingerprint density at radius 3 is 2.66 bits per heavy atom. The maximum atomic E-state index is 12.6. The summed E-state index contributed by atoms with van der Waals surface area (Å²) in [6.45, 7) is 9.44. The summed E-state index contributed by atoms with van der Waals surface area (Å²) in [6, 6.07) is 5.58. The van der Waals surface area contributed by atoms with Gasteiger partial charge < -0.3 is 20.3 Å². The van der Waals surface area contributed by atoms with Gasteiger partial charge in [0.1, 0.15) is 29.0 Å². The Bertz CT molecular complexity index is 1440. The second kappa shape index (κ2) is 10.2. The molecule has 1 aliphatic heterocycles. The van der Waals surface area contributed by atoms with E-state index in [1.165, 1.54) is 30.6 Å². The van der Waals surface area contributed by atoms with Crippen molar-refractivity contribution in [1.82, 2.24) is 24.2 Å². The fraction of sp³-hybridized carbons (Fsp3) is 0.478. The third kappa shape index (κ3) is 5.66. The zero-order valence-electron chi connectivity index (χ0n) is 21.8. The van der Waals surface area contributed by atoms with E-state index in [9.17, 15) is 18.3 Å². The number of nitrogens with two attached hydrogens (primary N) is 1. The van der Waals surface area contributed by atoms with Crippen molar-refractivity contribution in [3.8, 4) is 5.75 Å². The van der Waals surface area contributed by atoms with Crippen LogP contribution in [0, 0.1) is 0 Å². The van der Waals surface area contributed by atoms with Gasteiger partial charge in [-0.05, 0) is 32.9 Å². The summed E-state index contributed by atoms with van der Waals surface area (Å²) in [7, 11) is -6.28. The van der Waals surface area contributed by atoms with Gasteiger partial charge in [0.05, 0.1) is 39.0 Å². The molecular formula is C23H32N6O7SSi. The number of rotatable bonds is 8. The predicted octanol–water partition coefficient (Wildman–Crippen LogP) is 1.46. The van der Waals surface area contributed by atoms with E-state index in [0.717, 1.165) is 0 Å². The molecule has 0 unspecified atom stereocenters. The summed E-state index contributed by atoms with van der Waals surface area (Å²) in [5.41, 5.74) is 6.16. The van der Waals surface area contributed by atoms with Crippen LogP contribution < -0.4 is 10.5 Å². The van der Waals surface area contributed by atoms with E-state index in [1.54, 1.807) is 6.33 Å². The van der Waals surface area contributed by atoms with Crippen LogP contribution in [-0.4, -0.2) is 72.2 Å². The second-order valence-corrected chi connectivity index (χ2v) is 14.9. The molecule has 1 amide bonds. The van der Waals surface area contributed by atoms with E-state index in [4.69, 9.17) is 19.4 Å². The summed E-state index contributed by atoms with van der Waals surface area (Å²) in [5, 5.41) is 8.98. The smallest absolute Gasteiger partial charge is 0.362 e. The molecule has 3 aromatic rings. The lowest BCUT2D eigenvalue weighted by Gasteiger charge is -2.34. The van der Waals surface area contributed by atoms with E-state index in [0.29, 0.717) is 17.6 Å². The van der Waals surface area contributed by atoms with Gasteiger partial charge in [-0.1, -0.05) is 25.2 Å². The Labute approximate surface area is 222 Å². The van der Waals surface area contributed by atoms with Gasteiger partial charge in [-0.3, -0.25) is 13.5 Å². The van der Waals surface area contributed by atoms with Crippen molar-refractivity contribution in [1.29, 1.82) is 0 Å². The van der Waals surface area contributed by atoms with E-state index in [-0.39, 0.29) is 17.1 Å². The molecule has 38 heavy (non-hydrogen) atoms. The number of aromatic hydroxyl groups is 1. The lowest BCUT2D eigenvalue weighted by molar-refractivity contribution is -0.109. The Balaban J connectivity index is 1.60. The highest BCUT2D eigenvalue weighted by Crippen LogP contribution is 2.42. The van der Waals surface area contributed by atoms with Gasteiger partial charge in [-0.15, -0.1) is 0 Å². The summed E-state index contributed by atoms with van der Waals surface area (Å²) < 4.78 is 47.0. The van der Waals surface area contributed by atoms with Gasteiger partial charge in [0.2, 0.25) is 0 Å². The molecule has 4 rings (SSSR count). The summed E-state index contributed by atoms with van der Waals surface area (Å²) >= 11 is 0. The third-order valence-corrected chi connectivity index (χ3v) is 9.53. The number of carbonyl (C=O) groups excluding carboxylic acids is 1. The SMILES string of the molecule is C[SiH](C)[C@]1(n2cnc3c(N)ncnc32)C[C@H](OC(C)(C)C)[C@@H](COS(=O)(=O)NC(=O)c2ccccc2O)O1. The average molecular weight is 565 g/mol. The first-order valence-electron chi connectivity index (χ1n) is 12.0. The number of nitrogen functional groups attached to an aromatic ring is 1. The predicted molar refractivity (Wildman–Crippen MR) is 141 cm³/mol. The van der Waals surface area contributed by atoms with Crippen molar-refractivity contribution < 1.29 is 32.0 Å². The molecule has 1 saturated heterocycles. The highest BCUT2D eigenvalue weighted by atomic mass is 32.2. The Morgan fingerprint density at radius 2 is 2.00 bits per heavy atom. The molecular weight excluding hydrogens is 532 g/mol. The first kappa shape index (κ1) is 27.9. The number of amides is 1. The maximum Gasteiger partial charge on any atom is 0.362 e. The Hall–Kier alpha value is -3.11. The highest BCUT2D eigenvalue weighted by Gasteiger charge is 2.52. The van der Waals surface area contributed by atoms with Gasteiger partial charge in [0, 0.05) is 6.42 Å². The van der Waals surface area contributed by atoms with Crippen LogP contribution >= 0.6 is 0 Å². The van der Waals surface area contributed by atoms with Crippen molar-refractivity contribution in [2.24, 2.45) is 0 Å². The third-order valence-electron chi connectivity index (χ3n) is 6.19. The minimum absolute atomic E-state index is 0.205. The molecule has 4 N–H and O–H groups in total. The second-order valence-electron chi connectivity index (χ2n) is 10.4. The van der Waals surface area contributed by atoms with Crippen molar-refractivity contribution in [2.45, 2.75) is 63.4 Å². The normalized spacial score (nSPS) is 22.3. The molecule has 1 aliphatic rings. The number of imidazole rings is 1. The van der Waals surface area contributed by atoms with Crippen molar-refractivity contribution in [2.75, 3.05) is 12.3 Å². The largest absolute Gasteiger partial charge is 0.507 e. The minimum Gasteiger partial charge on any atom is -0.507 e. The van der Waals surface area contributed by atoms with Crippen LogP contribution in [0.2, 0.25) is 13.1 Å². The van der Waals surface area contributed by atoms with Crippen molar-refractivity contribution >= 4 is 42.0 Å². The number of carbonyl (C=O) groups is 1. The van der Waals surface area contributed by atoms with Crippen LogP contribution in [-0.2, 0) is 29.3 Å². The maximum absolute atomic E-state index is 12.6. The van der Waals surface area contributed by atoms with Crippen LogP contribution in [0.15, 0.2) is 36.9 Å². The zero-order valence-corrected chi connectivity index (χ0v) is 23.8. The lowest BCUT2D eigenvalue weighted by atomic mass is 10.1. The number of anilines is 1. The fourth-order valence-electron chi connectivity index (χ4n) is 4.47. The molecule has 206 valence electrons. The van der Waals surface area contributed by atoms with Gasteiger partial charge >= 0.3 is 10.3 Å². The molecule has 0 radical (unpaired) electrons. The number of ether oxygens (including phenoxy) is 2. The topological polar surface area (TPSA) is 181 Å². The number of phenolic OH excluding ortho intramolecular Hbond substituents is 1. The monoisotopic (exact) mass is 564 g/mol. The van der Waals surface area contributed by atoms with Gasteiger partial charge in [0.25, 0.3) is 5.91 Å². The zero-order chi connectivity index (χ0) is 27.9. The first-order valence-corrected chi connectivity index (χ1v) is 16.3. The molecule has 1 fully saturated rings. The molecule has 13 nitrogen and oxygen atoms in total. The summed E-state index contributed by atoms with van der Waals surface area (Å²) in [5.74, 6) is -1.15. The summed E-state index contributed by atoms with van der Waals surface area (Å²) in [6.07, 6.45) is 1.98. The number of hydrogen-bond acceptors (Lipinski definition) is 11. The van der Waals surface area contributed by atoms with Crippen LogP contribution in [0.5, 0.6) is 5.75 Å². The number of para-hydroxylation sites is 1. The average Bonchev–Trinajstić information content (AvgIpc) is 3.40. The molecule has 1 aromatic carbocycles. The Morgan fingerprint density at radius 1 is 1.29 bits per heavy atom. The molecule has 15 heteroatoms. The van der Waals surface area contributed by atoms with Crippen LogP contribution in [0.3, 0.4) is 0 Å². The van der Waals surface area contributed by atoms with Crippen molar-refractivity contribution in [3.05, 3.63) is 42.5 Å². The molecule has 0 aliphatic carbocycles. The molecule has 0 bridgehead atoms. The minimum atomic E-state index is -4.54. The number of hydrogen-bond donors (Lipinski definition) is 3. The van der Waals surface area contributed by atoms with E-state index in [1.807, 2.05) is 30.1 Å². The van der Waals surface area contributed by atoms with Crippen LogP contribution in [0.4, 0.5) is 5.82 Å². The van der Waals surface area contributed by atoms with Crippen LogP contribution in [0.25, 0.3) is 11.2 Å². The van der Waals surface area contributed by atoms with Crippen molar-refractivity contribution in [3.63, 3.8) is 0 Å². The Kier molecular flexibility index (Phi) is 7.51. The van der Waals surface area contributed by atoms with Crippen LogP contribution in [0.1, 0.15) is 37.6 Å². The van der Waals surface area contributed by atoms with Gasteiger partial charge in [0.15, 0.2) is 11.5 Å². The quantitative estimate of drug-likeness (QED) is 0.337. The molecule has 0 saturated carbocycles. The highest BCUT2D eigenvalue weighted by molar-refractivity contribution is 7.85. The molecule has 0 spiro atoms. The number of benzene rings is 1. The summed E-state index contributed by atoms with van der Waals surface area (Å²) in [4.78, 5) is 25.2. The van der Waals surface area contributed by atoms with Gasteiger partial charge in [-0.25, -0.2) is 19.7 Å². The number of fused-ring (bicyclic) bond motifs is 1. The molecule has 3 heterocycles. The lowest BCUT2D eigenvalue weighted by Crippen LogP contribution is -2.45. The fourth-order valence-corrected chi connectivity index (χ4v) is 7.08. The number of aromatic nitrogens is 4. The number of phenols is 1.